The van der Waals surface area contributed by atoms with Crippen LogP contribution in [-0.2, 0) is 14.9 Å². The molecule has 0 spiro atoms. The summed E-state index contributed by atoms with van der Waals surface area (Å²) in [5.41, 5.74) is 5.69. The van der Waals surface area contributed by atoms with Crippen LogP contribution in [0.2, 0.25) is 0 Å². The molecule has 112 valence electrons. The Kier molecular flexibility index (Phi) is 5.19. The van der Waals surface area contributed by atoms with Crippen molar-refractivity contribution in [2.24, 2.45) is 5.73 Å². The van der Waals surface area contributed by atoms with Gasteiger partial charge in [0.15, 0.2) is 0 Å². The maximum absolute atomic E-state index is 12.4. The molecule has 2 aliphatic rings. The van der Waals surface area contributed by atoms with Crippen molar-refractivity contribution in [1.29, 1.82) is 0 Å². The first-order valence-electron chi connectivity index (χ1n) is 7.13. The Morgan fingerprint density at radius 1 is 1.37 bits per heavy atom. The monoisotopic (exact) mass is 291 g/mol. The van der Waals surface area contributed by atoms with Crippen LogP contribution in [0.5, 0.6) is 0 Å². The molecule has 0 aromatic heterocycles. The summed E-state index contributed by atoms with van der Waals surface area (Å²) < 4.78 is 34.7. The van der Waals surface area contributed by atoms with E-state index in [0.717, 1.165) is 32.1 Å². The van der Waals surface area contributed by atoms with Gasteiger partial charge in [0.25, 0.3) is 10.2 Å². The molecule has 2 aliphatic heterocycles. The lowest BCUT2D eigenvalue weighted by Crippen LogP contribution is -2.54. The van der Waals surface area contributed by atoms with Gasteiger partial charge in [-0.2, -0.15) is 17.4 Å². The Bertz CT molecular complexity index is 388. The van der Waals surface area contributed by atoms with Gasteiger partial charge in [0.2, 0.25) is 0 Å². The number of nitrogens with one attached hydrogen (secondary N) is 1. The van der Waals surface area contributed by atoms with Crippen molar-refractivity contribution >= 4 is 10.2 Å². The highest BCUT2D eigenvalue weighted by atomic mass is 32.2. The van der Waals surface area contributed by atoms with E-state index in [0.29, 0.717) is 19.7 Å². The highest BCUT2D eigenvalue weighted by molar-refractivity contribution is 7.87. The van der Waals surface area contributed by atoms with Crippen LogP contribution in [0.4, 0.5) is 0 Å². The number of hydrogen-bond acceptors (Lipinski definition) is 4. The van der Waals surface area contributed by atoms with Crippen molar-refractivity contribution in [3.8, 4) is 0 Å². The molecule has 2 fully saturated rings. The van der Waals surface area contributed by atoms with Gasteiger partial charge in [-0.15, -0.1) is 0 Å². The van der Waals surface area contributed by atoms with E-state index in [2.05, 4.69) is 4.72 Å². The molecule has 0 aromatic carbocycles. The van der Waals surface area contributed by atoms with Gasteiger partial charge >= 0.3 is 0 Å². The molecule has 2 rings (SSSR count). The third kappa shape index (κ3) is 3.88. The predicted octanol–water partition coefficient (Wildman–Crippen LogP) is 0.202. The Morgan fingerprint density at radius 3 is 2.84 bits per heavy atom. The van der Waals surface area contributed by atoms with E-state index in [1.54, 1.807) is 4.31 Å². The molecule has 0 amide bonds. The summed E-state index contributed by atoms with van der Waals surface area (Å²) in [6, 6.07) is -0.0717. The highest BCUT2D eigenvalue weighted by Gasteiger charge is 2.33. The Labute approximate surface area is 115 Å². The molecule has 0 aromatic rings. The van der Waals surface area contributed by atoms with Crippen LogP contribution in [0.25, 0.3) is 0 Å². The fraction of sp³-hybridized carbons (Fsp3) is 1.00. The second-order valence-corrected chi connectivity index (χ2v) is 7.18. The lowest BCUT2D eigenvalue weighted by molar-refractivity contribution is 0.0169. The average Bonchev–Trinajstić information content (AvgIpc) is 2.38. The van der Waals surface area contributed by atoms with Crippen molar-refractivity contribution < 1.29 is 13.2 Å². The van der Waals surface area contributed by atoms with Gasteiger partial charge in [-0.25, -0.2) is 0 Å². The number of piperidine rings is 1. The van der Waals surface area contributed by atoms with E-state index in [4.69, 9.17) is 10.5 Å². The van der Waals surface area contributed by atoms with E-state index < -0.39 is 10.2 Å². The Morgan fingerprint density at radius 2 is 2.16 bits per heavy atom. The molecule has 3 N–H and O–H groups in total. The van der Waals surface area contributed by atoms with E-state index in [1.807, 2.05) is 6.92 Å². The number of rotatable bonds is 4. The highest BCUT2D eigenvalue weighted by Crippen LogP contribution is 2.21. The van der Waals surface area contributed by atoms with Crippen LogP contribution in [0.1, 0.15) is 39.0 Å². The van der Waals surface area contributed by atoms with Gasteiger partial charge in [0, 0.05) is 31.8 Å². The molecular weight excluding hydrogens is 266 g/mol. The van der Waals surface area contributed by atoms with Crippen LogP contribution in [0.3, 0.4) is 0 Å². The molecule has 3 atom stereocenters. The first kappa shape index (κ1) is 15.2. The second kappa shape index (κ2) is 6.49. The zero-order valence-corrected chi connectivity index (χ0v) is 12.4. The lowest BCUT2D eigenvalue weighted by atomic mass is 10.1. The topological polar surface area (TPSA) is 84.7 Å². The summed E-state index contributed by atoms with van der Waals surface area (Å²) in [6.45, 7) is 3.57. The van der Waals surface area contributed by atoms with Crippen molar-refractivity contribution in [2.75, 3.05) is 19.7 Å². The van der Waals surface area contributed by atoms with Crippen molar-refractivity contribution in [3.63, 3.8) is 0 Å². The Balaban J connectivity index is 2.00. The molecule has 7 heteroatoms. The minimum absolute atomic E-state index is 0.0194. The number of hydrogen-bond donors (Lipinski definition) is 2. The van der Waals surface area contributed by atoms with Gasteiger partial charge in [0.05, 0.1) is 6.10 Å². The van der Waals surface area contributed by atoms with Crippen LogP contribution in [-0.4, -0.2) is 50.6 Å². The van der Waals surface area contributed by atoms with Gasteiger partial charge < -0.3 is 10.5 Å². The van der Waals surface area contributed by atoms with E-state index in [9.17, 15) is 8.42 Å². The molecule has 3 unspecified atom stereocenters. The zero-order valence-electron chi connectivity index (χ0n) is 11.5. The molecule has 2 heterocycles. The first-order valence-corrected chi connectivity index (χ1v) is 8.57. The number of nitrogens with two attached hydrogens (primary N) is 1. The van der Waals surface area contributed by atoms with Crippen molar-refractivity contribution in [1.82, 2.24) is 9.03 Å². The molecule has 0 aliphatic carbocycles. The van der Waals surface area contributed by atoms with Crippen molar-refractivity contribution in [3.05, 3.63) is 0 Å². The van der Waals surface area contributed by atoms with E-state index in [-0.39, 0.29) is 18.2 Å². The molecule has 0 radical (unpaired) electrons. The smallest absolute Gasteiger partial charge is 0.279 e. The second-order valence-electron chi connectivity index (χ2n) is 5.52. The van der Waals surface area contributed by atoms with Gasteiger partial charge in [-0.3, -0.25) is 0 Å². The van der Waals surface area contributed by atoms with Crippen LogP contribution in [0, 0.1) is 0 Å². The van der Waals surface area contributed by atoms with Gasteiger partial charge in [-0.1, -0.05) is 6.42 Å². The molecule has 0 saturated carbocycles. The third-order valence-corrected chi connectivity index (χ3v) is 5.68. The quantitative estimate of drug-likeness (QED) is 0.775. The minimum Gasteiger partial charge on any atom is -0.378 e. The summed E-state index contributed by atoms with van der Waals surface area (Å²) in [7, 11) is -3.42. The first-order chi connectivity index (χ1) is 9.03. The lowest BCUT2D eigenvalue weighted by Gasteiger charge is -2.36. The number of nitrogens with zero attached hydrogens (tertiary/aromatic N) is 1. The van der Waals surface area contributed by atoms with Gasteiger partial charge in [-0.05, 0) is 32.6 Å². The van der Waals surface area contributed by atoms with Gasteiger partial charge in [0.1, 0.15) is 0 Å². The fourth-order valence-electron chi connectivity index (χ4n) is 2.91. The summed E-state index contributed by atoms with van der Waals surface area (Å²) in [4.78, 5) is 0. The maximum Gasteiger partial charge on any atom is 0.279 e. The molecular formula is C12H25N3O3S. The maximum atomic E-state index is 12.4. The normalized spacial score (nSPS) is 34.3. The van der Waals surface area contributed by atoms with E-state index >= 15 is 0 Å². The molecule has 6 nitrogen and oxygen atoms in total. The van der Waals surface area contributed by atoms with Crippen LogP contribution < -0.4 is 10.5 Å². The minimum atomic E-state index is -3.42. The SMILES string of the molecule is CC1CC(NS(=O)(=O)N2CCCCC2CN)CCO1. The van der Waals surface area contributed by atoms with Crippen LogP contribution in [0.15, 0.2) is 0 Å². The van der Waals surface area contributed by atoms with Crippen molar-refractivity contribution in [2.45, 2.75) is 57.2 Å². The molecule has 2 saturated heterocycles. The molecule has 0 bridgehead atoms. The Hall–Kier alpha value is -0.210. The third-order valence-electron chi connectivity index (χ3n) is 3.95. The van der Waals surface area contributed by atoms with E-state index in [1.165, 1.54) is 0 Å². The summed E-state index contributed by atoms with van der Waals surface area (Å²) in [5, 5.41) is 0. The number of ether oxygens (including phenoxy) is 1. The largest absolute Gasteiger partial charge is 0.378 e. The standard InChI is InChI=1S/C12H25N3O3S/c1-10-8-11(5-7-18-10)14-19(16,17)15-6-3-2-4-12(15)9-13/h10-12,14H,2-9,13H2,1H3. The predicted molar refractivity (Wildman–Crippen MR) is 73.9 cm³/mol. The summed E-state index contributed by atoms with van der Waals surface area (Å²) in [6.07, 6.45) is 4.43. The summed E-state index contributed by atoms with van der Waals surface area (Å²) >= 11 is 0. The van der Waals surface area contributed by atoms with Crippen LogP contribution >= 0.6 is 0 Å². The summed E-state index contributed by atoms with van der Waals surface area (Å²) in [5.74, 6) is 0. The molecule has 19 heavy (non-hydrogen) atoms. The zero-order chi connectivity index (χ0) is 13.9. The fourth-order valence-corrected chi connectivity index (χ4v) is 4.63. The average molecular weight is 291 g/mol.